The second-order valence-electron chi connectivity index (χ2n) is 6.52. The Bertz CT molecular complexity index is 850. The van der Waals surface area contributed by atoms with Crippen molar-refractivity contribution < 1.29 is 9.59 Å². The van der Waals surface area contributed by atoms with Gasteiger partial charge in [-0.3, -0.25) is 9.59 Å². The van der Waals surface area contributed by atoms with E-state index in [1.165, 1.54) is 0 Å². The number of anilines is 1. The fourth-order valence-corrected chi connectivity index (χ4v) is 3.68. The Kier molecular flexibility index (Phi) is 3.82. The summed E-state index contributed by atoms with van der Waals surface area (Å²) in [4.78, 5) is 36.0. The molecule has 1 N–H and O–H groups in total. The fraction of sp³-hybridized carbons (Fsp3) is 0.529. The second-order valence-corrected chi connectivity index (χ2v) is 6.52. The number of aryl methyl sites for hydroxylation is 2. The van der Waals surface area contributed by atoms with Crippen molar-refractivity contribution in [3.63, 3.8) is 0 Å². The first-order chi connectivity index (χ1) is 12.1. The van der Waals surface area contributed by atoms with Crippen LogP contribution in [-0.2, 0) is 19.5 Å². The number of rotatable bonds is 3. The Hall–Kier alpha value is -2.64. The monoisotopic (exact) mass is 342 g/mol. The van der Waals surface area contributed by atoms with E-state index in [-0.39, 0.29) is 17.5 Å². The van der Waals surface area contributed by atoms with Crippen LogP contribution in [-0.4, -0.2) is 48.9 Å². The Balaban J connectivity index is 1.66. The number of carbonyl (C=O) groups is 2. The number of imidazole rings is 2. The number of nitrogens with zero attached hydrogens (tertiary/aromatic N) is 5. The second kappa shape index (κ2) is 6.02. The average molecular weight is 342 g/mol. The zero-order valence-electron chi connectivity index (χ0n) is 14.6. The molecular weight excluding hydrogens is 320 g/mol. The van der Waals surface area contributed by atoms with Crippen LogP contribution in [0.1, 0.15) is 52.4 Å². The molecule has 25 heavy (non-hydrogen) atoms. The molecule has 8 heteroatoms. The van der Waals surface area contributed by atoms with Crippen LogP contribution in [0.4, 0.5) is 5.82 Å². The van der Waals surface area contributed by atoms with Crippen LogP contribution in [0.5, 0.6) is 0 Å². The molecule has 0 saturated heterocycles. The third kappa shape index (κ3) is 2.52. The lowest BCUT2D eigenvalue weighted by molar-refractivity contribution is 0.0708. The summed E-state index contributed by atoms with van der Waals surface area (Å²) in [5.41, 5.74) is 0.591. The van der Waals surface area contributed by atoms with Crippen molar-refractivity contribution in [2.24, 2.45) is 0 Å². The van der Waals surface area contributed by atoms with Crippen molar-refractivity contribution in [1.29, 1.82) is 0 Å². The summed E-state index contributed by atoms with van der Waals surface area (Å²) in [5, 5.41) is 2.90. The highest BCUT2D eigenvalue weighted by Gasteiger charge is 2.32. The normalized spacial score (nSPS) is 16.6. The smallest absolute Gasteiger partial charge is 0.277 e. The van der Waals surface area contributed by atoms with Gasteiger partial charge in [0.1, 0.15) is 23.2 Å². The lowest BCUT2D eigenvalue weighted by Crippen LogP contribution is -2.41. The van der Waals surface area contributed by atoms with Crippen LogP contribution in [0.15, 0.2) is 6.20 Å². The first-order valence-corrected chi connectivity index (χ1v) is 8.82. The maximum atomic E-state index is 12.8. The summed E-state index contributed by atoms with van der Waals surface area (Å²) in [6, 6.07) is 0. The summed E-state index contributed by atoms with van der Waals surface area (Å²) in [6.45, 7) is 6.57. The highest BCUT2D eigenvalue weighted by molar-refractivity contribution is 6.10. The third-order valence-corrected chi connectivity index (χ3v) is 5.05. The molecule has 0 unspecified atom stereocenters. The number of aromatic nitrogens is 4. The molecule has 4 heterocycles. The largest absolute Gasteiger partial charge is 0.336 e. The van der Waals surface area contributed by atoms with Crippen molar-refractivity contribution in [1.82, 2.24) is 24.0 Å². The van der Waals surface area contributed by atoms with E-state index < -0.39 is 0 Å². The maximum absolute atomic E-state index is 12.8. The van der Waals surface area contributed by atoms with Gasteiger partial charge < -0.3 is 19.4 Å². The SMILES string of the molecule is CCN1CCn2c(C)nc(C(=O)Nc3cnc4n3CCCC4)c2C1=O. The molecule has 8 nitrogen and oxygen atoms in total. The number of amides is 2. The molecule has 0 aromatic carbocycles. The Morgan fingerprint density at radius 1 is 1.24 bits per heavy atom. The zero-order chi connectivity index (χ0) is 17.6. The molecule has 0 atom stereocenters. The van der Waals surface area contributed by atoms with Crippen molar-refractivity contribution in [2.75, 3.05) is 18.4 Å². The summed E-state index contributed by atoms with van der Waals surface area (Å²) >= 11 is 0. The third-order valence-electron chi connectivity index (χ3n) is 5.05. The molecule has 2 aliphatic heterocycles. The van der Waals surface area contributed by atoms with Crippen molar-refractivity contribution in [3.8, 4) is 0 Å². The van der Waals surface area contributed by atoms with Crippen LogP contribution in [0.2, 0.25) is 0 Å². The first-order valence-electron chi connectivity index (χ1n) is 8.82. The number of fused-ring (bicyclic) bond motifs is 2. The number of nitrogens with one attached hydrogen (secondary N) is 1. The van der Waals surface area contributed by atoms with Crippen LogP contribution < -0.4 is 5.32 Å². The van der Waals surface area contributed by atoms with Gasteiger partial charge in [-0.25, -0.2) is 9.97 Å². The molecule has 2 aromatic rings. The van der Waals surface area contributed by atoms with Gasteiger partial charge in [0.05, 0.1) is 6.20 Å². The van der Waals surface area contributed by atoms with Gasteiger partial charge in [-0.2, -0.15) is 0 Å². The highest BCUT2D eigenvalue weighted by Crippen LogP contribution is 2.23. The molecule has 0 spiro atoms. The number of carbonyl (C=O) groups excluding carboxylic acids is 2. The van der Waals surface area contributed by atoms with Gasteiger partial charge in [0.25, 0.3) is 11.8 Å². The molecule has 2 aromatic heterocycles. The Morgan fingerprint density at radius 2 is 2.08 bits per heavy atom. The lowest BCUT2D eigenvalue weighted by Gasteiger charge is -2.27. The summed E-state index contributed by atoms with van der Waals surface area (Å²) < 4.78 is 3.88. The molecule has 0 saturated carbocycles. The highest BCUT2D eigenvalue weighted by atomic mass is 16.2. The van der Waals surface area contributed by atoms with Crippen molar-refractivity contribution in [2.45, 2.75) is 46.2 Å². The van der Waals surface area contributed by atoms with E-state index in [1.54, 1.807) is 11.1 Å². The van der Waals surface area contributed by atoms with Gasteiger partial charge in [-0.05, 0) is 26.7 Å². The summed E-state index contributed by atoms with van der Waals surface area (Å²) in [6.07, 6.45) is 4.82. The Labute approximate surface area is 145 Å². The van der Waals surface area contributed by atoms with Crippen molar-refractivity contribution >= 4 is 17.6 Å². The average Bonchev–Trinajstić information content (AvgIpc) is 3.18. The Morgan fingerprint density at radius 3 is 2.88 bits per heavy atom. The van der Waals surface area contributed by atoms with Gasteiger partial charge in [0.2, 0.25) is 0 Å². The minimum Gasteiger partial charge on any atom is -0.336 e. The minimum atomic E-state index is -0.351. The molecule has 0 fully saturated rings. The molecule has 2 aliphatic rings. The van der Waals surface area contributed by atoms with Gasteiger partial charge >= 0.3 is 0 Å². The van der Waals surface area contributed by atoms with Crippen LogP contribution in [0, 0.1) is 6.92 Å². The van der Waals surface area contributed by atoms with E-state index in [0.29, 0.717) is 37.0 Å². The molecule has 0 bridgehead atoms. The number of hydrogen-bond donors (Lipinski definition) is 1. The van der Waals surface area contributed by atoms with Gasteiger partial charge in [0.15, 0.2) is 5.69 Å². The van der Waals surface area contributed by atoms with E-state index in [2.05, 4.69) is 15.3 Å². The molecule has 132 valence electrons. The molecule has 2 amide bonds. The van der Waals surface area contributed by atoms with Gasteiger partial charge in [-0.15, -0.1) is 0 Å². The van der Waals surface area contributed by atoms with Crippen LogP contribution in [0.25, 0.3) is 0 Å². The van der Waals surface area contributed by atoms with Gasteiger partial charge in [-0.1, -0.05) is 0 Å². The topological polar surface area (TPSA) is 85.1 Å². The van der Waals surface area contributed by atoms with E-state index in [9.17, 15) is 9.59 Å². The number of hydrogen-bond acceptors (Lipinski definition) is 4. The maximum Gasteiger partial charge on any atom is 0.277 e. The van der Waals surface area contributed by atoms with E-state index >= 15 is 0 Å². The predicted molar refractivity (Wildman–Crippen MR) is 91.7 cm³/mol. The predicted octanol–water partition coefficient (Wildman–Crippen LogP) is 1.45. The number of likely N-dealkylation sites (N-methyl/N-ethyl adjacent to an activating group) is 1. The van der Waals surface area contributed by atoms with Crippen LogP contribution in [0.3, 0.4) is 0 Å². The van der Waals surface area contributed by atoms with E-state index in [0.717, 1.165) is 31.6 Å². The first kappa shape index (κ1) is 15.9. The zero-order valence-corrected chi connectivity index (χ0v) is 14.6. The minimum absolute atomic E-state index is 0.130. The van der Waals surface area contributed by atoms with Crippen LogP contribution >= 0.6 is 0 Å². The fourth-order valence-electron chi connectivity index (χ4n) is 3.68. The van der Waals surface area contributed by atoms with Gasteiger partial charge in [0, 0.05) is 32.6 Å². The molecule has 4 rings (SSSR count). The summed E-state index contributed by atoms with van der Waals surface area (Å²) in [5.74, 6) is 1.89. The molecule has 0 aliphatic carbocycles. The van der Waals surface area contributed by atoms with E-state index in [1.807, 2.05) is 23.0 Å². The summed E-state index contributed by atoms with van der Waals surface area (Å²) in [7, 11) is 0. The van der Waals surface area contributed by atoms with Crippen molar-refractivity contribution in [3.05, 3.63) is 29.2 Å². The lowest BCUT2D eigenvalue weighted by atomic mass is 10.2. The molecule has 0 radical (unpaired) electrons. The quantitative estimate of drug-likeness (QED) is 0.915. The standard InChI is InChI=1S/C17H22N6O2/c1-3-21-8-9-22-11(2)19-14(15(22)17(21)25)16(24)20-13-10-18-12-6-4-5-7-23(12)13/h10H,3-9H2,1-2H3,(H,20,24). The van der Waals surface area contributed by atoms with E-state index in [4.69, 9.17) is 0 Å². The molecular formula is C17H22N6O2.